The zero-order chi connectivity index (χ0) is 22.6. The predicted molar refractivity (Wildman–Crippen MR) is 127 cm³/mol. The Morgan fingerprint density at radius 1 is 1.12 bits per heavy atom. The number of carbonyl (C=O) groups excluding carboxylic acids is 1. The maximum Gasteiger partial charge on any atom is 0.231 e. The Kier molecular flexibility index (Phi) is 6.30. The quantitative estimate of drug-likeness (QED) is 0.555. The van der Waals surface area contributed by atoms with Gasteiger partial charge in [-0.15, -0.1) is 0 Å². The summed E-state index contributed by atoms with van der Waals surface area (Å²) >= 11 is 0. The fourth-order valence-corrected chi connectivity index (χ4v) is 4.76. The standard InChI is InChI=1S/C26H29N3O4/c1-31-24-11-9-19-5-3-7-21(25(19)29-24)28-26(30)20-6-2-4-17(12-20)14-27-15-18-8-10-22-23(13-18)33-16-32-22/h3,5,7-11,13,17,20,27H,2,4,6,12,14-16H2,1H3,(H,28,30). The lowest BCUT2D eigenvalue weighted by Gasteiger charge is -2.28. The fourth-order valence-electron chi connectivity index (χ4n) is 4.76. The minimum absolute atomic E-state index is 0.0111. The van der Waals surface area contributed by atoms with E-state index < -0.39 is 0 Å². The summed E-state index contributed by atoms with van der Waals surface area (Å²) < 4.78 is 16.1. The van der Waals surface area contributed by atoms with Gasteiger partial charge in [-0.3, -0.25) is 4.79 Å². The van der Waals surface area contributed by atoms with E-state index in [0.29, 0.717) is 18.6 Å². The number of rotatable bonds is 7. The van der Waals surface area contributed by atoms with Crippen LogP contribution in [0, 0.1) is 11.8 Å². The number of ether oxygens (including phenoxy) is 3. The molecule has 1 aromatic heterocycles. The molecule has 0 spiro atoms. The Morgan fingerprint density at radius 2 is 2.03 bits per heavy atom. The number of aromatic nitrogens is 1. The molecule has 2 atom stereocenters. The van der Waals surface area contributed by atoms with Gasteiger partial charge in [-0.2, -0.15) is 0 Å². The largest absolute Gasteiger partial charge is 0.481 e. The second kappa shape index (κ2) is 9.67. The highest BCUT2D eigenvalue weighted by atomic mass is 16.7. The van der Waals surface area contributed by atoms with Gasteiger partial charge in [0, 0.05) is 23.9 Å². The van der Waals surface area contributed by atoms with Gasteiger partial charge in [0.15, 0.2) is 11.5 Å². The Hall–Kier alpha value is -3.32. The lowest BCUT2D eigenvalue weighted by Crippen LogP contribution is -2.32. The fraction of sp³-hybridized carbons (Fsp3) is 0.385. The number of nitrogens with one attached hydrogen (secondary N) is 2. The number of anilines is 1. The van der Waals surface area contributed by atoms with Crippen molar-refractivity contribution in [1.82, 2.24) is 10.3 Å². The van der Waals surface area contributed by atoms with Gasteiger partial charge in [0.1, 0.15) is 0 Å². The maximum atomic E-state index is 13.1. The number of pyridine rings is 1. The van der Waals surface area contributed by atoms with Gasteiger partial charge in [0.25, 0.3) is 0 Å². The number of amides is 1. The summed E-state index contributed by atoms with van der Waals surface area (Å²) in [5, 5.41) is 7.66. The van der Waals surface area contributed by atoms with E-state index in [9.17, 15) is 4.79 Å². The molecule has 2 unspecified atom stereocenters. The maximum absolute atomic E-state index is 13.1. The molecule has 5 rings (SSSR count). The number of para-hydroxylation sites is 1. The summed E-state index contributed by atoms with van der Waals surface area (Å²) in [4.78, 5) is 17.6. The minimum Gasteiger partial charge on any atom is -0.481 e. The van der Waals surface area contributed by atoms with Crippen LogP contribution in [-0.4, -0.2) is 31.3 Å². The molecule has 7 nitrogen and oxygen atoms in total. The molecule has 1 amide bonds. The van der Waals surface area contributed by atoms with Crippen LogP contribution < -0.4 is 24.8 Å². The Balaban J connectivity index is 1.17. The molecule has 1 fully saturated rings. The lowest BCUT2D eigenvalue weighted by atomic mass is 9.81. The minimum atomic E-state index is 0.0111. The van der Waals surface area contributed by atoms with Crippen molar-refractivity contribution in [3.05, 3.63) is 54.1 Å². The number of hydrogen-bond donors (Lipinski definition) is 2. The summed E-state index contributed by atoms with van der Waals surface area (Å²) in [5.41, 5.74) is 2.66. The molecule has 1 aliphatic carbocycles. The Morgan fingerprint density at radius 3 is 2.94 bits per heavy atom. The van der Waals surface area contributed by atoms with Crippen LogP contribution in [0.4, 0.5) is 5.69 Å². The monoisotopic (exact) mass is 447 g/mol. The van der Waals surface area contributed by atoms with Crippen LogP contribution in [0.1, 0.15) is 31.2 Å². The van der Waals surface area contributed by atoms with Crippen molar-refractivity contribution in [1.29, 1.82) is 0 Å². The second-order valence-corrected chi connectivity index (χ2v) is 8.77. The molecule has 0 radical (unpaired) electrons. The van der Waals surface area contributed by atoms with Crippen molar-refractivity contribution in [2.75, 3.05) is 25.8 Å². The zero-order valence-corrected chi connectivity index (χ0v) is 18.8. The third-order valence-corrected chi connectivity index (χ3v) is 6.51. The van der Waals surface area contributed by atoms with E-state index in [-0.39, 0.29) is 11.8 Å². The lowest BCUT2D eigenvalue weighted by molar-refractivity contribution is -0.121. The number of hydrogen-bond acceptors (Lipinski definition) is 6. The Labute approximate surface area is 193 Å². The first-order valence-corrected chi connectivity index (χ1v) is 11.5. The molecule has 33 heavy (non-hydrogen) atoms. The van der Waals surface area contributed by atoms with Gasteiger partial charge in [-0.1, -0.05) is 24.6 Å². The second-order valence-electron chi connectivity index (χ2n) is 8.77. The van der Waals surface area contributed by atoms with Crippen LogP contribution in [0.25, 0.3) is 10.9 Å². The van der Waals surface area contributed by atoms with Gasteiger partial charge in [0.05, 0.1) is 18.3 Å². The molecule has 7 heteroatoms. The number of methoxy groups -OCH3 is 1. The normalized spacial score (nSPS) is 19.4. The molecule has 2 aromatic carbocycles. The van der Waals surface area contributed by atoms with E-state index in [1.165, 1.54) is 5.56 Å². The highest BCUT2D eigenvalue weighted by Gasteiger charge is 2.27. The van der Waals surface area contributed by atoms with E-state index in [1.54, 1.807) is 7.11 Å². The zero-order valence-electron chi connectivity index (χ0n) is 18.8. The van der Waals surface area contributed by atoms with Crippen LogP contribution in [0.2, 0.25) is 0 Å². The molecule has 2 N–H and O–H groups in total. The number of benzene rings is 2. The van der Waals surface area contributed by atoms with Crippen LogP contribution in [0.5, 0.6) is 17.4 Å². The number of fused-ring (bicyclic) bond motifs is 2. The molecule has 172 valence electrons. The predicted octanol–water partition coefficient (Wildman–Crippen LogP) is 4.51. The first-order chi connectivity index (χ1) is 16.2. The van der Waals surface area contributed by atoms with E-state index in [4.69, 9.17) is 14.2 Å². The van der Waals surface area contributed by atoms with Crippen LogP contribution in [-0.2, 0) is 11.3 Å². The van der Waals surface area contributed by atoms with E-state index in [2.05, 4.69) is 21.7 Å². The third-order valence-electron chi connectivity index (χ3n) is 6.51. The molecule has 1 saturated carbocycles. The third kappa shape index (κ3) is 4.88. The Bertz CT molecular complexity index is 1150. The molecule has 0 bridgehead atoms. The molecular formula is C26H29N3O4. The van der Waals surface area contributed by atoms with Gasteiger partial charge >= 0.3 is 0 Å². The molecule has 0 saturated heterocycles. The van der Waals surface area contributed by atoms with Crippen molar-refractivity contribution >= 4 is 22.5 Å². The average molecular weight is 448 g/mol. The van der Waals surface area contributed by atoms with Crippen LogP contribution >= 0.6 is 0 Å². The van der Waals surface area contributed by atoms with Crippen molar-refractivity contribution in [3.63, 3.8) is 0 Å². The molecule has 2 aliphatic rings. The summed E-state index contributed by atoms with van der Waals surface area (Å²) in [6.45, 7) is 1.96. The van der Waals surface area contributed by atoms with Crippen molar-refractivity contribution < 1.29 is 19.0 Å². The molecular weight excluding hydrogens is 418 g/mol. The topological polar surface area (TPSA) is 81.7 Å². The van der Waals surface area contributed by atoms with Gasteiger partial charge in [-0.25, -0.2) is 4.98 Å². The van der Waals surface area contributed by atoms with Gasteiger partial charge in [-0.05, 0) is 61.6 Å². The highest BCUT2D eigenvalue weighted by molar-refractivity contribution is 6.01. The summed E-state index contributed by atoms with van der Waals surface area (Å²) in [7, 11) is 1.60. The SMILES string of the molecule is COc1ccc2cccc(NC(=O)C3CCCC(CNCc4ccc5c(c4)OCO5)C3)c2n1. The summed E-state index contributed by atoms with van der Waals surface area (Å²) in [6.07, 6.45) is 4.02. The number of nitrogens with zero attached hydrogens (tertiary/aromatic N) is 1. The first-order valence-electron chi connectivity index (χ1n) is 11.5. The van der Waals surface area contributed by atoms with Gasteiger partial charge in [0.2, 0.25) is 18.6 Å². The van der Waals surface area contributed by atoms with E-state index in [0.717, 1.165) is 66.9 Å². The van der Waals surface area contributed by atoms with Crippen molar-refractivity contribution in [2.24, 2.45) is 11.8 Å². The van der Waals surface area contributed by atoms with E-state index >= 15 is 0 Å². The van der Waals surface area contributed by atoms with Crippen molar-refractivity contribution in [2.45, 2.75) is 32.2 Å². The average Bonchev–Trinajstić information content (AvgIpc) is 3.32. The summed E-state index contributed by atoms with van der Waals surface area (Å²) in [6, 6.07) is 15.7. The van der Waals surface area contributed by atoms with Crippen LogP contribution in [0.3, 0.4) is 0 Å². The van der Waals surface area contributed by atoms with E-state index in [1.807, 2.05) is 42.5 Å². The van der Waals surface area contributed by atoms with Crippen LogP contribution in [0.15, 0.2) is 48.5 Å². The summed E-state index contributed by atoms with van der Waals surface area (Å²) in [5.74, 6) is 2.72. The molecule has 3 aromatic rings. The number of carbonyl (C=O) groups is 1. The van der Waals surface area contributed by atoms with Crippen molar-refractivity contribution in [3.8, 4) is 17.4 Å². The highest BCUT2D eigenvalue weighted by Crippen LogP contribution is 2.33. The molecule has 2 heterocycles. The smallest absolute Gasteiger partial charge is 0.231 e. The molecule has 1 aliphatic heterocycles. The van der Waals surface area contributed by atoms with Gasteiger partial charge < -0.3 is 24.8 Å². The first kappa shape index (κ1) is 21.5.